The van der Waals surface area contributed by atoms with Crippen molar-refractivity contribution in [2.24, 2.45) is 0 Å². The quantitative estimate of drug-likeness (QED) is 0.929. The van der Waals surface area contributed by atoms with Gasteiger partial charge in [-0.05, 0) is 30.7 Å². The number of aliphatic hydroxyl groups excluding tert-OH is 1. The highest BCUT2D eigenvalue weighted by Gasteiger charge is 2.15. The van der Waals surface area contributed by atoms with Crippen LogP contribution in [0.15, 0.2) is 42.7 Å². The highest BCUT2D eigenvalue weighted by atomic mass is 35.5. The SMILES string of the molecule is CC(c1ccc(Cl)cc1)N(C)c1cnccc1CO. The van der Waals surface area contributed by atoms with Crippen molar-refractivity contribution < 1.29 is 5.11 Å². The topological polar surface area (TPSA) is 36.4 Å². The van der Waals surface area contributed by atoms with Crippen molar-refractivity contribution >= 4 is 17.3 Å². The first-order chi connectivity index (χ1) is 9.13. The van der Waals surface area contributed by atoms with Crippen molar-refractivity contribution in [1.29, 1.82) is 0 Å². The van der Waals surface area contributed by atoms with Crippen LogP contribution in [0.4, 0.5) is 5.69 Å². The van der Waals surface area contributed by atoms with E-state index in [0.29, 0.717) is 0 Å². The molecule has 0 amide bonds. The van der Waals surface area contributed by atoms with E-state index in [1.165, 1.54) is 5.56 Å². The number of pyridine rings is 1. The van der Waals surface area contributed by atoms with Gasteiger partial charge in [0.2, 0.25) is 0 Å². The number of aromatic nitrogens is 1. The predicted molar refractivity (Wildman–Crippen MR) is 78.4 cm³/mol. The first-order valence-corrected chi connectivity index (χ1v) is 6.53. The Morgan fingerprint density at radius 2 is 1.95 bits per heavy atom. The van der Waals surface area contributed by atoms with Crippen molar-refractivity contribution in [2.45, 2.75) is 19.6 Å². The molecule has 0 spiro atoms. The lowest BCUT2D eigenvalue weighted by Gasteiger charge is -2.28. The summed E-state index contributed by atoms with van der Waals surface area (Å²) in [5.74, 6) is 0. The van der Waals surface area contributed by atoms with Crippen LogP contribution in [0.2, 0.25) is 5.02 Å². The molecule has 19 heavy (non-hydrogen) atoms. The number of rotatable bonds is 4. The van der Waals surface area contributed by atoms with Crippen LogP contribution in [0.3, 0.4) is 0 Å². The molecule has 0 saturated heterocycles. The minimum absolute atomic E-state index is 0.00946. The molecule has 3 nitrogen and oxygen atoms in total. The van der Waals surface area contributed by atoms with E-state index in [1.807, 2.05) is 37.4 Å². The van der Waals surface area contributed by atoms with Crippen LogP contribution < -0.4 is 4.90 Å². The third kappa shape index (κ3) is 3.06. The Balaban J connectivity index is 2.28. The zero-order valence-electron chi connectivity index (χ0n) is 11.0. The van der Waals surface area contributed by atoms with Gasteiger partial charge in [-0.2, -0.15) is 0 Å². The highest BCUT2D eigenvalue weighted by Crippen LogP contribution is 2.28. The smallest absolute Gasteiger partial charge is 0.0703 e. The first-order valence-electron chi connectivity index (χ1n) is 6.15. The molecule has 0 aliphatic heterocycles. The lowest BCUT2D eigenvalue weighted by molar-refractivity contribution is 0.282. The van der Waals surface area contributed by atoms with E-state index in [2.05, 4.69) is 16.8 Å². The maximum atomic E-state index is 9.38. The van der Waals surface area contributed by atoms with Gasteiger partial charge in [0.25, 0.3) is 0 Å². The summed E-state index contributed by atoms with van der Waals surface area (Å²) in [7, 11) is 2.00. The molecular formula is C15H17ClN2O. The molecule has 1 aromatic heterocycles. The monoisotopic (exact) mass is 276 g/mol. The van der Waals surface area contributed by atoms with Gasteiger partial charge in [0.1, 0.15) is 0 Å². The van der Waals surface area contributed by atoms with E-state index in [-0.39, 0.29) is 12.6 Å². The molecule has 2 aromatic rings. The molecule has 1 heterocycles. The Morgan fingerprint density at radius 1 is 1.26 bits per heavy atom. The molecule has 100 valence electrons. The van der Waals surface area contributed by atoms with E-state index >= 15 is 0 Å². The molecule has 0 fully saturated rings. The molecule has 1 aromatic carbocycles. The molecule has 0 aliphatic carbocycles. The normalized spacial score (nSPS) is 12.2. The van der Waals surface area contributed by atoms with Crippen LogP contribution in [-0.2, 0) is 6.61 Å². The van der Waals surface area contributed by atoms with Gasteiger partial charge < -0.3 is 10.0 Å². The van der Waals surface area contributed by atoms with E-state index in [9.17, 15) is 5.11 Å². The van der Waals surface area contributed by atoms with Gasteiger partial charge in [-0.25, -0.2) is 0 Å². The Hall–Kier alpha value is -1.58. The Labute approximate surface area is 118 Å². The van der Waals surface area contributed by atoms with Gasteiger partial charge in [0.05, 0.1) is 24.5 Å². The summed E-state index contributed by atoms with van der Waals surface area (Å²) >= 11 is 5.90. The van der Waals surface area contributed by atoms with Crippen LogP contribution in [0.1, 0.15) is 24.1 Å². The van der Waals surface area contributed by atoms with Crippen molar-refractivity contribution in [3.05, 3.63) is 58.9 Å². The van der Waals surface area contributed by atoms with Gasteiger partial charge >= 0.3 is 0 Å². The Morgan fingerprint density at radius 3 is 2.58 bits per heavy atom. The third-order valence-electron chi connectivity index (χ3n) is 3.37. The average Bonchev–Trinajstić information content (AvgIpc) is 2.46. The summed E-state index contributed by atoms with van der Waals surface area (Å²) in [6.07, 6.45) is 3.47. The zero-order chi connectivity index (χ0) is 13.8. The Kier molecular flexibility index (Phi) is 4.40. The number of hydrogen-bond acceptors (Lipinski definition) is 3. The number of halogens is 1. The fraction of sp³-hybridized carbons (Fsp3) is 0.267. The molecule has 0 saturated carbocycles. The minimum Gasteiger partial charge on any atom is -0.392 e. The van der Waals surface area contributed by atoms with Gasteiger partial charge in [-0.15, -0.1) is 0 Å². The number of anilines is 1. The van der Waals surface area contributed by atoms with Gasteiger partial charge in [-0.3, -0.25) is 4.98 Å². The molecule has 0 radical (unpaired) electrons. The number of benzene rings is 1. The molecule has 0 bridgehead atoms. The molecule has 0 aliphatic rings. The molecule has 1 N–H and O–H groups in total. The summed E-state index contributed by atoms with van der Waals surface area (Å²) < 4.78 is 0. The van der Waals surface area contributed by atoms with Crippen LogP contribution >= 0.6 is 11.6 Å². The van der Waals surface area contributed by atoms with Gasteiger partial charge in [0, 0.05) is 23.8 Å². The summed E-state index contributed by atoms with van der Waals surface area (Å²) in [6.45, 7) is 2.12. The van der Waals surface area contributed by atoms with Gasteiger partial charge in [-0.1, -0.05) is 23.7 Å². The first kappa shape index (κ1) is 13.8. The molecule has 4 heteroatoms. The van der Waals surface area contributed by atoms with E-state index in [4.69, 9.17) is 11.6 Å². The van der Waals surface area contributed by atoms with Crippen LogP contribution in [0.25, 0.3) is 0 Å². The highest BCUT2D eigenvalue weighted by molar-refractivity contribution is 6.30. The van der Waals surface area contributed by atoms with Crippen LogP contribution in [0.5, 0.6) is 0 Å². The number of aliphatic hydroxyl groups is 1. The third-order valence-corrected chi connectivity index (χ3v) is 3.62. The average molecular weight is 277 g/mol. The Bertz CT molecular complexity index is 542. The summed E-state index contributed by atoms with van der Waals surface area (Å²) in [4.78, 5) is 6.23. The van der Waals surface area contributed by atoms with Crippen molar-refractivity contribution in [2.75, 3.05) is 11.9 Å². The largest absolute Gasteiger partial charge is 0.392 e. The molecule has 1 unspecified atom stereocenters. The molecular weight excluding hydrogens is 260 g/mol. The summed E-state index contributed by atoms with van der Waals surface area (Å²) in [5.41, 5.74) is 2.98. The fourth-order valence-electron chi connectivity index (χ4n) is 2.04. The lowest BCUT2D eigenvalue weighted by atomic mass is 10.1. The second kappa shape index (κ2) is 6.04. The van der Waals surface area contributed by atoms with Crippen molar-refractivity contribution in [3.8, 4) is 0 Å². The molecule has 2 rings (SSSR count). The van der Waals surface area contributed by atoms with Crippen molar-refractivity contribution in [1.82, 2.24) is 4.98 Å². The number of nitrogens with zero attached hydrogens (tertiary/aromatic N) is 2. The zero-order valence-corrected chi connectivity index (χ0v) is 11.8. The van der Waals surface area contributed by atoms with Crippen LogP contribution in [0, 0.1) is 0 Å². The van der Waals surface area contributed by atoms with E-state index in [1.54, 1.807) is 12.4 Å². The molecule has 1 atom stereocenters. The number of hydrogen-bond donors (Lipinski definition) is 1. The van der Waals surface area contributed by atoms with E-state index in [0.717, 1.165) is 16.3 Å². The van der Waals surface area contributed by atoms with E-state index < -0.39 is 0 Å². The van der Waals surface area contributed by atoms with Crippen molar-refractivity contribution in [3.63, 3.8) is 0 Å². The second-order valence-electron chi connectivity index (χ2n) is 4.50. The maximum absolute atomic E-state index is 9.38. The minimum atomic E-state index is 0.00946. The maximum Gasteiger partial charge on any atom is 0.0703 e. The standard InChI is InChI=1S/C15H17ClN2O/c1-11(12-3-5-14(16)6-4-12)18(2)15-9-17-8-7-13(15)10-19/h3-9,11,19H,10H2,1-2H3. The van der Waals surface area contributed by atoms with Gasteiger partial charge in [0.15, 0.2) is 0 Å². The lowest BCUT2D eigenvalue weighted by Crippen LogP contribution is -2.23. The fourth-order valence-corrected chi connectivity index (χ4v) is 2.17. The summed E-state index contributed by atoms with van der Waals surface area (Å²) in [6, 6.07) is 9.80. The second-order valence-corrected chi connectivity index (χ2v) is 4.94. The van der Waals surface area contributed by atoms with Crippen LogP contribution in [-0.4, -0.2) is 17.1 Å². The summed E-state index contributed by atoms with van der Waals surface area (Å²) in [5, 5.41) is 10.1. The predicted octanol–water partition coefficient (Wildman–Crippen LogP) is 3.42.